The highest BCUT2D eigenvalue weighted by Gasteiger charge is 2.28. The van der Waals surface area contributed by atoms with Crippen molar-refractivity contribution in [3.8, 4) is 11.1 Å². The summed E-state index contributed by atoms with van der Waals surface area (Å²) in [7, 11) is 0. The molecule has 0 radical (unpaired) electrons. The van der Waals surface area contributed by atoms with Gasteiger partial charge >= 0.3 is 0 Å². The van der Waals surface area contributed by atoms with Crippen molar-refractivity contribution in [1.29, 1.82) is 0 Å². The normalized spacial score (nSPS) is 20.4. The van der Waals surface area contributed by atoms with Gasteiger partial charge in [-0.3, -0.25) is 5.10 Å². The Bertz CT molecular complexity index is 639. The van der Waals surface area contributed by atoms with Crippen LogP contribution in [0, 0.1) is 11.7 Å². The number of rotatable bonds is 4. The minimum atomic E-state index is -0.191. The summed E-state index contributed by atoms with van der Waals surface area (Å²) < 4.78 is 13.5. The molecular formula is C18H22FN3. The quantitative estimate of drug-likeness (QED) is 0.931. The summed E-state index contributed by atoms with van der Waals surface area (Å²) in [6.45, 7) is 3.62. The molecule has 1 N–H and O–H groups in total. The monoisotopic (exact) mass is 299 g/mol. The third kappa shape index (κ3) is 2.93. The molecule has 2 heterocycles. The van der Waals surface area contributed by atoms with E-state index in [0.717, 1.165) is 29.9 Å². The largest absolute Gasteiger partial charge is 0.303 e. The SMILES string of the molecule is Fc1cccc(-c2cn[nH]c2C2CCN(CC3CC3)CC2)c1. The van der Waals surface area contributed by atoms with E-state index in [4.69, 9.17) is 0 Å². The van der Waals surface area contributed by atoms with E-state index < -0.39 is 0 Å². The van der Waals surface area contributed by atoms with Gasteiger partial charge in [-0.2, -0.15) is 5.10 Å². The maximum Gasteiger partial charge on any atom is 0.123 e. The van der Waals surface area contributed by atoms with Gasteiger partial charge < -0.3 is 4.90 Å². The van der Waals surface area contributed by atoms with E-state index >= 15 is 0 Å². The van der Waals surface area contributed by atoms with E-state index in [1.165, 1.54) is 44.2 Å². The van der Waals surface area contributed by atoms with Crippen LogP contribution in [0.2, 0.25) is 0 Å². The molecule has 2 fully saturated rings. The second kappa shape index (κ2) is 5.84. The number of H-pyrrole nitrogens is 1. The third-order valence-electron chi connectivity index (χ3n) is 5.01. The fourth-order valence-corrected chi connectivity index (χ4v) is 3.56. The van der Waals surface area contributed by atoms with Crippen molar-refractivity contribution >= 4 is 0 Å². The van der Waals surface area contributed by atoms with Crippen molar-refractivity contribution in [2.24, 2.45) is 5.92 Å². The van der Waals surface area contributed by atoms with Crippen molar-refractivity contribution in [3.63, 3.8) is 0 Å². The van der Waals surface area contributed by atoms with E-state index in [1.807, 2.05) is 12.3 Å². The van der Waals surface area contributed by atoms with Crippen LogP contribution in [0.25, 0.3) is 11.1 Å². The Morgan fingerprint density at radius 1 is 1.18 bits per heavy atom. The van der Waals surface area contributed by atoms with Crippen LogP contribution in [0.3, 0.4) is 0 Å². The van der Waals surface area contributed by atoms with Crippen LogP contribution in [0.1, 0.15) is 37.3 Å². The zero-order chi connectivity index (χ0) is 14.9. The highest BCUT2D eigenvalue weighted by atomic mass is 19.1. The lowest BCUT2D eigenvalue weighted by Gasteiger charge is -2.31. The number of benzene rings is 1. The van der Waals surface area contributed by atoms with Gasteiger partial charge in [-0.25, -0.2) is 4.39 Å². The maximum absolute atomic E-state index is 13.5. The average Bonchev–Trinajstić information content (AvgIpc) is 3.21. The molecule has 0 unspecified atom stereocenters. The second-order valence-corrected chi connectivity index (χ2v) is 6.73. The first-order chi connectivity index (χ1) is 10.8. The number of aromatic amines is 1. The fourth-order valence-electron chi connectivity index (χ4n) is 3.56. The smallest absolute Gasteiger partial charge is 0.123 e. The lowest BCUT2D eigenvalue weighted by Crippen LogP contribution is -2.34. The molecule has 1 aromatic heterocycles. The summed E-state index contributed by atoms with van der Waals surface area (Å²) in [6.07, 6.45) is 7.00. The standard InChI is InChI=1S/C18H22FN3/c19-16-3-1-2-15(10-16)17-11-20-21-18(17)14-6-8-22(9-7-14)12-13-4-5-13/h1-3,10-11,13-14H,4-9,12H2,(H,20,21). The van der Waals surface area contributed by atoms with Crippen molar-refractivity contribution in [2.45, 2.75) is 31.6 Å². The molecule has 0 spiro atoms. The molecular weight excluding hydrogens is 277 g/mol. The molecule has 1 aromatic carbocycles. The summed E-state index contributed by atoms with van der Waals surface area (Å²) in [6, 6.07) is 6.80. The van der Waals surface area contributed by atoms with E-state index in [9.17, 15) is 4.39 Å². The molecule has 2 aromatic rings. The second-order valence-electron chi connectivity index (χ2n) is 6.73. The lowest BCUT2D eigenvalue weighted by molar-refractivity contribution is 0.203. The predicted molar refractivity (Wildman–Crippen MR) is 85.1 cm³/mol. The van der Waals surface area contributed by atoms with E-state index in [1.54, 1.807) is 12.1 Å². The molecule has 1 aliphatic carbocycles. The van der Waals surface area contributed by atoms with Crippen LogP contribution < -0.4 is 0 Å². The highest BCUT2D eigenvalue weighted by molar-refractivity contribution is 5.65. The topological polar surface area (TPSA) is 31.9 Å². The van der Waals surface area contributed by atoms with Gasteiger partial charge in [0.25, 0.3) is 0 Å². The van der Waals surface area contributed by atoms with Crippen LogP contribution in [0.15, 0.2) is 30.5 Å². The van der Waals surface area contributed by atoms with Crippen LogP contribution >= 0.6 is 0 Å². The van der Waals surface area contributed by atoms with Crippen molar-refractivity contribution in [2.75, 3.05) is 19.6 Å². The Morgan fingerprint density at radius 3 is 2.73 bits per heavy atom. The van der Waals surface area contributed by atoms with Gasteiger partial charge in [0.15, 0.2) is 0 Å². The molecule has 0 atom stereocenters. The minimum Gasteiger partial charge on any atom is -0.303 e. The molecule has 4 heteroatoms. The molecule has 0 bridgehead atoms. The zero-order valence-electron chi connectivity index (χ0n) is 12.8. The number of piperidine rings is 1. The van der Waals surface area contributed by atoms with E-state index in [2.05, 4.69) is 15.1 Å². The van der Waals surface area contributed by atoms with Gasteiger partial charge in [0.1, 0.15) is 5.82 Å². The highest BCUT2D eigenvalue weighted by Crippen LogP contribution is 2.36. The molecule has 1 aliphatic heterocycles. The predicted octanol–water partition coefficient (Wildman–Crippen LogP) is 3.81. The minimum absolute atomic E-state index is 0.191. The molecule has 22 heavy (non-hydrogen) atoms. The number of halogens is 1. The first kappa shape index (κ1) is 13.9. The molecule has 3 nitrogen and oxygen atoms in total. The van der Waals surface area contributed by atoms with Crippen LogP contribution in [0.4, 0.5) is 4.39 Å². The Morgan fingerprint density at radius 2 is 2.00 bits per heavy atom. The van der Waals surface area contributed by atoms with Gasteiger partial charge in [-0.05, 0) is 62.4 Å². The van der Waals surface area contributed by atoms with Gasteiger partial charge in [0.2, 0.25) is 0 Å². The van der Waals surface area contributed by atoms with E-state index in [0.29, 0.717) is 5.92 Å². The molecule has 116 valence electrons. The van der Waals surface area contributed by atoms with Gasteiger partial charge in [-0.1, -0.05) is 12.1 Å². The van der Waals surface area contributed by atoms with Gasteiger partial charge in [0.05, 0.1) is 6.20 Å². The summed E-state index contributed by atoms with van der Waals surface area (Å²) >= 11 is 0. The summed E-state index contributed by atoms with van der Waals surface area (Å²) in [5, 5.41) is 7.39. The number of nitrogens with zero attached hydrogens (tertiary/aromatic N) is 2. The first-order valence-electron chi connectivity index (χ1n) is 8.31. The molecule has 1 saturated carbocycles. The molecule has 4 rings (SSSR count). The Hall–Kier alpha value is -1.68. The number of likely N-dealkylation sites (tertiary alicyclic amines) is 1. The lowest BCUT2D eigenvalue weighted by atomic mass is 9.89. The van der Waals surface area contributed by atoms with Crippen molar-refractivity contribution in [1.82, 2.24) is 15.1 Å². The van der Waals surface area contributed by atoms with Gasteiger partial charge in [0, 0.05) is 23.7 Å². The molecule has 2 aliphatic rings. The number of nitrogens with one attached hydrogen (secondary N) is 1. The average molecular weight is 299 g/mol. The third-order valence-corrected chi connectivity index (χ3v) is 5.01. The van der Waals surface area contributed by atoms with Crippen LogP contribution in [-0.2, 0) is 0 Å². The van der Waals surface area contributed by atoms with Crippen molar-refractivity contribution in [3.05, 3.63) is 42.0 Å². The van der Waals surface area contributed by atoms with Crippen LogP contribution in [-0.4, -0.2) is 34.7 Å². The maximum atomic E-state index is 13.5. The molecule has 1 saturated heterocycles. The Labute approximate surface area is 130 Å². The Balaban J connectivity index is 1.48. The number of hydrogen-bond donors (Lipinski definition) is 1. The molecule has 0 amide bonds. The number of hydrogen-bond acceptors (Lipinski definition) is 2. The first-order valence-corrected chi connectivity index (χ1v) is 8.31. The van der Waals surface area contributed by atoms with Crippen LogP contribution in [0.5, 0.6) is 0 Å². The Kier molecular flexibility index (Phi) is 3.70. The zero-order valence-corrected chi connectivity index (χ0v) is 12.8. The fraction of sp³-hybridized carbons (Fsp3) is 0.500. The van der Waals surface area contributed by atoms with Crippen molar-refractivity contribution < 1.29 is 4.39 Å². The van der Waals surface area contributed by atoms with Gasteiger partial charge in [-0.15, -0.1) is 0 Å². The number of aromatic nitrogens is 2. The van der Waals surface area contributed by atoms with E-state index in [-0.39, 0.29) is 5.82 Å². The summed E-state index contributed by atoms with van der Waals surface area (Å²) in [4.78, 5) is 2.60. The summed E-state index contributed by atoms with van der Waals surface area (Å²) in [5.41, 5.74) is 3.15. The summed E-state index contributed by atoms with van der Waals surface area (Å²) in [5.74, 6) is 1.28.